The molecule has 5 heteroatoms. The zero-order chi connectivity index (χ0) is 21.3. The summed E-state index contributed by atoms with van der Waals surface area (Å²) >= 11 is 0. The Bertz CT molecular complexity index is 802. The number of carbonyl (C=O) groups is 2. The van der Waals surface area contributed by atoms with Gasteiger partial charge in [-0.3, -0.25) is 4.79 Å². The van der Waals surface area contributed by atoms with Gasteiger partial charge < -0.3 is 13.9 Å². The number of carbonyl (C=O) groups excluding carboxylic acids is 2. The van der Waals surface area contributed by atoms with Crippen LogP contribution in [0.2, 0.25) is 0 Å². The van der Waals surface area contributed by atoms with Crippen LogP contribution in [0.5, 0.6) is 0 Å². The molecule has 1 aromatic heterocycles. The van der Waals surface area contributed by atoms with Gasteiger partial charge in [-0.15, -0.1) is 0 Å². The average Bonchev–Trinajstić information content (AvgIpc) is 3.00. The predicted molar refractivity (Wildman–Crippen MR) is 110 cm³/mol. The SMILES string of the molecule is C/C=C(\C)C(=O)O[C@H]1CC[C@@H]2Cc3occ(C)c3C[C@]2(C)[C@H]1OC(=O)CC(C)C. The molecule has 0 unspecified atom stereocenters. The van der Waals surface area contributed by atoms with Gasteiger partial charge >= 0.3 is 11.9 Å². The van der Waals surface area contributed by atoms with E-state index in [0.717, 1.165) is 30.6 Å². The van der Waals surface area contributed by atoms with Gasteiger partial charge in [0.15, 0.2) is 0 Å². The maximum Gasteiger partial charge on any atom is 0.333 e. The lowest BCUT2D eigenvalue weighted by molar-refractivity contribution is -0.193. The van der Waals surface area contributed by atoms with Crippen LogP contribution in [0.25, 0.3) is 0 Å². The summed E-state index contributed by atoms with van der Waals surface area (Å²) < 4.78 is 17.7. The van der Waals surface area contributed by atoms with Crippen LogP contribution in [-0.4, -0.2) is 24.1 Å². The summed E-state index contributed by atoms with van der Waals surface area (Å²) in [5.74, 6) is 1.05. The third-order valence-corrected chi connectivity index (χ3v) is 6.75. The molecular weight excluding hydrogens is 368 g/mol. The van der Waals surface area contributed by atoms with Gasteiger partial charge in [-0.05, 0) is 63.0 Å². The molecule has 1 aromatic rings. The number of allylic oxidation sites excluding steroid dienone is 1. The van der Waals surface area contributed by atoms with E-state index in [4.69, 9.17) is 13.9 Å². The van der Waals surface area contributed by atoms with Crippen molar-refractivity contribution in [1.29, 1.82) is 0 Å². The van der Waals surface area contributed by atoms with Crippen molar-refractivity contribution >= 4 is 11.9 Å². The molecule has 2 aliphatic rings. The normalized spacial score (nSPS) is 29.2. The molecule has 3 rings (SSSR count). The Kier molecular flexibility index (Phi) is 6.25. The third-order valence-electron chi connectivity index (χ3n) is 6.75. The van der Waals surface area contributed by atoms with Crippen LogP contribution in [0.1, 0.15) is 70.8 Å². The molecular formula is C24H34O5. The van der Waals surface area contributed by atoms with Crippen molar-refractivity contribution in [2.75, 3.05) is 0 Å². The van der Waals surface area contributed by atoms with E-state index in [1.165, 1.54) is 5.56 Å². The Morgan fingerprint density at radius 2 is 2.03 bits per heavy atom. The largest absolute Gasteiger partial charge is 0.469 e. The van der Waals surface area contributed by atoms with Crippen LogP contribution >= 0.6 is 0 Å². The number of hydrogen-bond acceptors (Lipinski definition) is 5. The molecule has 0 saturated heterocycles. The monoisotopic (exact) mass is 402 g/mol. The van der Waals surface area contributed by atoms with Crippen molar-refractivity contribution in [3.8, 4) is 0 Å². The second-order valence-corrected chi connectivity index (χ2v) is 9.41. The molecule has 1 fully saturated rings. The zero-order valence-corrected chi connectivity index (χ0v) is 18.5. The first-order valence-electron chi connectivity index (χ1n) is 10.7. The first-order valence-corrected chi connectivity index (χ1v) is 10.7. The average molecular weight is 403 g/mol. The van der Waals surface area contributed by atoms with Crippen LogP contribution in [0.4, 0.5) is 0 Å². The van der Waals surface area contributed by atoms with E-state index in [-0.39, 0.29) is 23.3 Å². The Labute approximate surface area is 173 Å². The van der Waals surface area contributed by atoms with Gasteiger partial charge in [0, 0.05) is 23.8 Å². The number of furan rings is 1. The molecule has 0 radical (unpaired) electrons. The van der Waals surface area contributed by atoms with Crippen molar-refractivity contribution in [1.82, 2.24) is 0 Å². The molecule has 1 heterocycles. The number of aryl methyl sites for hydroxylation is 1. The summed E-state index contributed by atoms with van der Waals surface area (Å²) in [5.41, 5.74) is 2.63. The van der Waals surface area contributed by atoms with Crippen LogP contribution in [0.15, 0.2) is 22.3 Å². The van der Waals surface area contributed by atoms with E-state index in [0.29, 0.717) is 24.3 Å². The van der Waals surface area contributed by atoms with Crippen molar-refractivity contribution < 1.29 is 23.5 Å². The van der Waals surface area contributed by atoms with E-state index >= 15 is 0 Å². The number of rotatable bonds is 5. The number of hydrogen-bond donors (Lipinski definition) is 0. The van der Waals surface area contributed by atoms with E-state index in [1.807, 2.05) is 27.0 Å². The summed E-state index contributed by atoms with van der Waals surface area (Å²) in [5, 5.41) is 0. The molecule has 2 aliphatic carbocycles. The zero-order valence-electron chi connectivity index (χ0n) is 18.5. The molecule has 5 nitrogen and oxygen atoms in total. The minimum absolute atomic E-state index is 0.217. The van der Waals surface area contributed by atoms with Gasteiger partial charge in [0.25, 0.3) is 0 Å². The van der Waals surface area contributed by atoms with E-state index in [2.05, 4.69) is 13.8 Å². The van der Waals surface area contributed by atoms with E-state index in [1.54, 1.807) is 13.0 Å². The first kappa shape index (κ1) is 21.7. The first-order chi connectivity index (χ1) is 13.7. The fraction of sp³-hybridized carbons (Fsp3) is 0.667. The molecule has 0 aliphatic heterocycles. The van der Waals surface area contributed by atoms with Gasteiger partial charge in [-0.2, -0.15) is 0 Å². The maximum absolute atomic E-state index is 12.6. The summed E-state index contributed by atoms with van der Waals surface area (Å²) in [6.07, 6.45) is 6.26. The van der Waals surface area contributed by atoms with Crippen LogP contribution in [0, 0.1) is 24.2 Å². The summed E-state index contributed by atoms with van der Waals surface area (Å²) in [7, 11) is 0. The molecule has 0 bridgehead atoms. The Morgan fingerprint density at radius 3 is 2.69 bits per heavy atom. The minimum atomic E-state index is -0.455. The van der Waals surface area contributed by atoms with Gasteiger partial charge in [0.2, 0.25) is 0 Å². The maximum atomic E-state index is 12.6. The Balaban J connectivity index is 1.91. The smallest absolute Gasteiger partial charge is 0.333 e. The fourth-order valence-corrected chi connectivity index (χ4v) is 4.82. The van der Waals surface area contributed by atoms with Crippen LogP contribution in [0.3, 0.4) is 0 Å². The van der Waals surface area contributed by atoms with Crippen molar-refractivity contribution in [3.05, 3.63) is 34.8 Å². The Hall–Kier alpha value is -2.04. The lowest BCUT2D eigenvalue weighted by Gasteiger charge is -2.51. The summed E-state index contributed by atoms with van der Waals surface area (Å²) in [6, 6.07) is 0. The predicted octanol–water partition coefficient (Wildman–Crippen LogP) is 4.94. The van der Waals surface area contributed by atoms with Gasteiger partial charge in [0.1, 0.15) is 18.0 Å². The standard InChI is InChI=1S/C24H34O5/c1-7-15(4)23(26)28-19-9-8-17-11-20-18(16(5)13-27-20)12-24(17,6)22(19)29-21(25)10-14(2)3/h7,13-14,17,19,22H,8-12H2,1-6H3/b15-7+/t17-,19+,22+,24+/m1/s1. The highest BCUT2D eigenvalue weighted by Crippen LogP contribution is 2.51. The summed E-state index contributed by atoms with van der Waals surface area (Å²) in [4.78, 5) is 25.1. The number of fused-ring (bicyclic) bond motifs is 2. The number of ether oxygens (including phenoxy) is 2. The van der Waals surface area contributed by atoms with E-state index in [9.17, 15) is 9.59 Å². The molecule has 4 atom stereocenters. The molecule has 0 N–H and O–H groups in total. The topological polar surface area (TPSA) is 65.7 Å². The Morgan fingerprint density at radius 1 is 1.31 bits per heavy atom. The summed E-state index contributed by atoms with van der Waals surface area (Å²) in [6.45, 7) is 11.8. The fourth-order valence-electron chi connectivity index (χ4n) is 4.82. The lowest BCUT2D eigenvalue weighted by Crippen LogP contribution is -2.56. The molecule has 1 saturated carbocycles. The van der Waals surface area contributed by atoms with Gasteiger partial charge in [0.05, 0.1) is 6.26 Å². The van der Waals surface area contributed by atoms with Crippen LogP contribution < -0.4 is 0 Å². The van der Waals surface area contributed by atoms with Crippen molar-refractivity contribution in [3.63, 3.8) is 0 Å². The number of esters is 2. The van der Waals surface area contributed by atoms with Gasteiger partial charge in [-0.1, -0.05) is 26.8 Å². The molecule has 0 amide bonds. The molecule has 29 heavy (non-hydrogen) atoms. The highest BCUT2D eigenvalue weighted by Gasteiger charge is 2.54. The molecule has 160 valence electrons. The molecule has 0 spiro atoms. The van der Waals surface area contributed by atoms with E-state index < -0.39 is 12.2 Å². The van der Waals surface area contributed by atoms with Gasteiger partial charge in [-0.25, -0.2) is 4.79 Å². The van der Waals surface area contributed by atoms with Crippen LogP contribution in [-0.2, 0) is 31.9 Å². The minimum Gasteiger partial charge on any atom is -0.469 e. The molecule has 0 aromatic carbocycles. The quantitative estimate of drug-likeness (QED) is 0.516. The second kappa shape index (κ2) is 8.37. The second-order valence-electron chi connectivity index (χ2n) is 9.41. The third kappa shape index (κ3) is 4.29. The van der Waals surface area contributed by atoms with Crippen molar-refractivity contribution in [2.45, 2.75) is 85.9 Å². The highest BCUT2D eigenvalue weighted by atomic mass is 16.6. The lowest BCUT2D eigenvalue weighted by atomic mass is 9.58. The van der Waals surface area contributed by atoms with Crippen molar-refractivity contribution in [2.24, 2.45) is 17.3 Å². The highest BCUT2D eigenvalue weighted by molar-refractivity contribution is 5.87.